The summed E-state index contributed by atoms with van der Waals surface area (Å²) in [4.78, 5) is 38.1. The molecule has 1 amide bonds. The number of rotatable bonds is 5. The Labute approximate surface area is 251 Å². The van der Waals surface area contributed by atoms with Crippen LogP contribution in [0.25, 0.3) is 0 Å². The molecule has 0 aliphatic carbocycles. The second-order valence-electron chi connectivity index (χ2n) is 11.4. The molecular weight excluding hydrogens is 591 g/mol. The van der Waals surface area contributed by atoms with Crippen LogP contribution in [0.2, 0.25) is 5.02 Å². The molecule has 4 heterocycles. The van der Waals surface area contributed by atoms with Crippen LogP contribution in [0.5, 0.6) is 0 Å². The van der Waals surface area contributed by atoms with Gasteiger partial charge in [-0.1, -0.05) is 17.7 Å². The first-order valence-corrected chi connectivity index (χ1v) is 14.0. The summed E-state index contributed by atoms with van der Waals surface area (Å²) in [6.07, 6.45) is 0.0608. The lowest BCUT2D eigenvalue weighted by atomic mass is 9.94. The van der Waals surface area contributed by atoms with Crippen LogP contribution in [0.3, 0.4) is 0 Å². The van der Waals surface area contributed by atoms with Gasteiger partial charge in [-0.25, -0.2) is 27.7 Å². The van der Waals surface area contributed by atoms with Crippen LogP contribution >= 0.6 is 11.6 Å². The number of aromatic nitrogens is 1. The monoisotopic (exact) mass is 621 g/mol. The van der Waals surface area contributed by atoms with Crippen LogP contribution in [-0.4, -0.2) is 90.3 Å². The van der Waals surface area contributed by atoms with Crippen LogP contribution in [-0.2, 0) is 19.0 Å². The van der Waals surface area contributed by atoms with Crippen molar-refractivity contribution >= 4 is 29.5 Å². The van der Waals surface area contributed by atoms with Gasteiger partial charge in [0, 0.05) is 42.0 Å². The summed E-state index contributed by atoms with van der Waals surface area (Å²) in [5.74, 6) is -3.28. The minimum atomic E-state index is -1.14. The topological polar surface area (TPSA) is 106 Å². The number of benzene rings is 1. The van der Waals surface area contributed by atoms with Crippen LogP contribution in [0, 0.1) is 17.5 Å². The number of methoxy groups -OCH3 is 1. The Bertz CT molecular complexity index is 1500. The number of hydrogen-bond donors (Lipinski definition) is 1. The number of aliphatic imine (C=N–C) groups is 1. The van der Waals surface area contributed by atoms with E-state index in [9.17, 15) is 22.8 Å². The van der Waals surface area contributed by atoms with Crippen molar-refractivity contribution in [2.24, 2.45) is 4.99 Å². The summed E-state index contributed by atoms with van der Waals surface area (Å²) in [5, 5.41) is 3.00. The highest BCUT2D eigenvalue weighted by atomic mass is 35.5. The summed E-state index contributed by atoms with van der Waals surface area (Å²) in [6, 6.07) is 2.89. The Kier molecular flexibility index (Phi) is 8.68. The maximum Gasteiger partial charge on any atom is 0.410 e. The van der Waals surface area contributed by atoms with Crippen molar-refractivity contribution < 1.29 is 37.0 Å². The third-order valence-corrected chi connectivity index (χ3v) is 7.58. The van der Waals surface area contributed by atoms with Crippen molar-refractivity contribution in [1.82, 2.24) is 20.1 Å². The van der Waals surface area contributed by atoms with E-state index in [0.717, 1.165) is 12.3 Å². The zero-order valence-electron chi connectivity index (χ0n) is 24.0. The highest BCUT2D eigenvalue weighted by Crippen LogP contribution is 2.37. The van der Waals surface area contributed by atoms with Crippen molar-refractivity contribution in [1.29, 1.82) is 0 Å². The fourth-order valence-electron chi connectivity index (χ4n) is 5.36. The van der Waals surface area contributed by atoms with Gasteiger partial charge in [-0.2, -0.15) is 0 Å². The molecule has 14 heteroatoms. The number of carbonyl (C=O) groups excluding carboxylic acids is 2. The summed E-state index contributed by atoms with van der Waals surface area (Å²) in [7, 11) is 1.21. The first-order valence-electron chi connectivity index (χ1n) is 13.6. The predicted molar refractivity (Wildman–Crippen MR) is 150 cm³/mol. The number of amidine groups is 1. The van der Waals surface area contributed by atoms with Gasteiger partial charge in [-0.3, -0.25) is 9.89 Å². The van der Waals surface area contributed by atoms with E-state index in [-0.39, 0.29) is 46.4 Å². The van der Waals surface area contributed by atoms with Crippen molar-refractivity contribution in [2.45, 2.75) is 44.6 Å². The Morgan fingerprint density at radius 2 is 1.93 bits per heavy atom. The van der Waals surface area contributed by atoms with Crippen molar-refractivity contribution in [3.8, 4) is 0 Å². The maximum absolute atomic E-state index is 14.9. The van der Waals surface area contributed by atoms with Crippen LogP contribution in [0.15, 0.2) is 46.7 Å². The van der Waals surface area contributed by atoms with Gasteiger partial charge in [-0.15, -0.1) is 0 Å². The van der Waals surface area contributed by atoms with E-state index in [0.29, 0.717) is 38.0 Å². The second kappa shape index (κ2) is 12.1. The van der Waals surface area contributed by atoms with Crippen molar-refractivity contribution in [3.63, 3.8) is 0 Å². The molecule has 2 saturated heterocycles. The third kappa shape index (κ3) is 6.63. The van der Waals surface area contributed by atoms with Gasteiger partial charge < -0.3 is 24.4 Å². The van der Waals surface area contributed by atoms with Gasteiger partial charge in [-0.05, 0) is 32.9 Å². The molecule has 0 radical (unpaired) electrons. The first kappa shape index (κ1) is 30.8. The van der Waals surface area contributed by atoms with Crippen LogP contribution in [0.4, 0.5) is 18.0 Å². The molecular formula is C29H31ClF3N5O5. The lowest BCUT2D eigenvalue weighted by Gasteiger charge is -2.38. The number of hydrogen-bond acceptors (Lipinski definition) is 9. The van der Waals surface area contributed by atoms with Crippen molar-refractivity contribution in [2.75, 3.05) is 39.9 Å². The number of nitrogens with one attached hydrogen (secondary N) is 1. The highest BCUT2D eigenvalue weighted by molar-refractivity contribution is 6.31. The highest BCUT2D eigenvalue weighted by Gasteiger charge is 2.44. The van der Waals surface area contributed by atoms with Gasteiger partial charge in [0.2, 0.25) is 0 Å². The number of fused-ring (bicyclic) bond motifs is 1. The van der Waals surface area contributed by atoms with Gasteiger partial charge in [0.05, 0.1) is 44.2 Å². The fourth-order valence-corrected chi connectivity index (χ4v) is 5.63. The van der Waals surface area contributed by atoms with Gasteiger partial charge >= 0.3 is 12.1 Å². The molecule has 0 bridgehead atoms. The summed E-state index contributed by atoms with van der Waals surface area (Å²) >= 11 is 6.41. The van der Waals surface area contributed by atoms with E-state index < -0.39 is 41.2 Å². The van der Waals surface area contributed by atoms with E-state index >= 15 is 0 Å². The molecule has 2 aromatic rings. The number of amides is 1. The van der Waals surface area contributed by atoms with Gasteiger partial charge in [0.1, 0.15) is 29.0 Å². The van der Waals surface area contributed by atoms with E-state index in [1.54, 1.807) is 25.7 Å². The quantitative estimate of drug-likeness (QED) is 0.500. The summed E-state index contributed by atoms with van der Waals surface area (Å²) in [6.45, 7) is 6.89. The zero-order chi connectivity index (χ0) is 31.1. The Morgan fingerprint density at radius 3 is 2.60 bits per heavy atom. The number of halogens is 4. The maximum atomic E-state index is 14.9. The van der Waals surface area contributed by atoms with E-state index in [2.05, 4.69) is 15.3 Å². The molecule has 0 saturated carbocycles. The number of likely N-dealkylation sites (tertiary alicyclic amines) is 1. The third-order valence-electron chi connectivity index (χ3n) is 7.25. The smallest absolute Gasteiger partial charge is 0.410 e. The number of nitrogens with zero attached hydrogens (tertiary/aromatic N) is 4. The van der Waals surface area contributed by atoms with E-state index in [1.165, 1.54) is 19.2 Å². The first-order chi connectivity index (χ1) is 20.3. The normalized spacial score (nSPS) is 22.6. The lowest BCUT2D eigenvalue weighted by molar-refractivity contribution is -0.136. The number of pyridine rings is 1. The van der Waals surface area contributed by atoms with E-state index in [1.807, 2.05) is 4.90 Å². The molecule has 1 unspecified atom stereocenters. The molecule has 3 aliphatic rings. The molecule has 3 aliphatic heterocycles. The summed E-state index contributed by atoms with van der Waals surface area (Å²) in [5.41, 5.74) is -0.341. The Hall–Kier alpha value is -3.68. The number of carbonyl (C=O) groups is 2. The molecule has 3 atom stereocenters. The Balaban J connectivity index is 1.54. The van der Waals surface area contributed by atoms with Gasteiger partial charge in [0.15, 0.2) is 11.7 Å². The minimum Gasteiger partial charge on any atom is -0.466 e. The average molecular weight is 622 g/mol. The minimum absolute atomic E-state index is 0.0153. The largest absolute Gasteiger partial charge is 0.466 e. The number of esters is 1. The summed E-state index contributed by atoms with van der Waals surface area (Å²) < 4.78 is 59.2. The molecule has 0 spiro atoms. The average Bonchev–Trinajstić information content (AvgIpc) is 3.37. The van der Waals surface area contributed by atoms with Gasteiger partial charge in [0.25, 0.3) is 0 Å². The molecule has 1 aromatic carbocycles. The standard InChI is InChI=1S/C29H31ClF3N5O5/c1-29(2,3)43-28(40)38-13-21-22(14-38)42-8-7-37(21)12-20-23(27(39)41-4)24(17-6-5-15(31)9-18(17)30)36-26(35-20)25-19(33)10-16(32)11-34-25/h5-6,9-11,21-22,24H,7-8,12-14H2,1-4H3,(H,35,36)/t21-,22+,24?/m0/s1. The molecule has 230 valence electrons. The number of morpholine rings is 1. The molecule has 5 rings (SSSR count). The second-order valence-corrected chi connectivity index (χ2v) is 11.8. The fraction of sp³-hybridized carbons (Fsp3) is 0.448. The molecule has 1 N–H and O–H groups in total. The lowest BCUT2D eigenvalue weighted by Crippen LogP contribution is -2.53. The SMILES string of the molecule is COC(=O)C1=C(CN2CCO[C@@H]3CN(C(=O)OC(C)(C)C)C[C@@H]32)NC(c2ncc(F)cc2F)=NC1c1ccc(F)cc1Cl. The predicted octanol–water partition coefficient (Wildman–Crippen LogP) is 3.99. The van der Waals surface area contributed by atoms with Crippen LogP contribution in [0.1, 0.15) is 38.1 Å². The van der Waals surface area contributed by atoms with Crippen molar-refractivity contribution in [3.05, 3.63) is 75.5 Å². The Morgan fingerprint density at radius 1 is 1.16 bits per heavy atom. The molecule has 2 fully saturated rings. The zero-order valence-corrected chi connectivity index (χ0v) is 24.8. The molecule has 43 heavy (non-hydrogen) atoms. The molecule has 1 aromatic heterocycles. The molecule has 10 nitrogen and oxygen atoms in total. The number of ether oxygens (including phenoxy) is 3. The van der Waals surface area contributed by atoms with Crippen LogP contribution < -0.4 is 5.32 Å². The van der Waals surface area contributed by atoms with E-state index in [4.69, 9.17) is 25.8 Å².